The third-order valence-electron chi connectivity index (χ3n) is 3.93. The molecule has 2 fully saturated rings. The van der Waals surface area contributed by atoms with Crippen LogP contribution in [0.25, 0.3) is 0 Å². The Balaban J connectivity index is 1.86. The Bertz CT molecular complexity index is 721. The lowest BCUT2D eigenvalue weighted by Crippen LogP contribution is -2.46. The summed E-state index contributed by atoms with van der Waals surface area (Å²) in [6, 6.07) is 3.20. The van der Waals surface area contributed by atoms with Crippen molar-refractivity contribution < 1.29 is 42.4 Å². The molecule has 0 aromatic carbocycles. The van der Waals surface area contributed by atoms with Crippen molar-refractivity contribution in [1.29, 1.82) is 0 Å². The molecule has 1 aromatic heterocycles. The van der Waals surface area contributed by atoms with Crippen molar-refractivity contribution in [2.45, 2.75) is 44.2 Å². The van der Waals surface area contributed by atoms with Gasteiger partial charge < -0.3 is 29.7 Å². The van der Waals surface area contributed by atoms with Crippen molar-refractivity contribution in [3.63, 3.8) is 0 Å². The van der Waals surface area contributed by atoms with E-state index in [1.165, 1.54) is 6.20 Å². The third kappa shape index (κ3) is 4.06. The highest BCUT2D eigenvalue weighted by molar-refractivity contribution is 7.46. The summed E-state index contributed by atoms with van der Waals surface area (Å²) >= 11 is 0. The van der Waals surface area contributed by atoms with Crippen LogP contribution in [-0.2, 0) is 23.3 Å². The number of pyridine rings is 1. The minimum Gasteiger partial charge on any atom is -0.365 e. The molecule has 2 aliphatic rings. The second-order valence-electron chi connectivity index (χ2n) is 6.32. The molecule has 0 spiro atoms. The summed E-state index contributed by atoms with van der Waals surface area (Å²) in [5, 5.41) is 0. The Morgan fingerprint density at radius 1 is 1.40 bits per heavy atom. The molecular weight excluding hydrogens is 355 g/mol. The fourth-order valence-corrected chi connectivity index (χ4v) is 3.34. The standard InChI is InChI=1S/C14H19N2O8P/c1-14(2)23-10-9(7-21-25(18,19)20)22-13(11(10)24-14)16-5-3-4-8(6-16)12(15)17/h3-6,9-11,13H,7H2,1-2H3,(H3-,15,17,18,19,20)/p+1/t9-,10?,11?,13-/m1/s1. The zero-order chi connectivity index (χ0) is 18.4. The number of aromatic nitrogens is 1. The van der Waals surface area contributed by atoms with E-state index in [4.69, 9.17) is 29.7 Å². The fraction of sp³-hybridized carbons (Fsp3) is 0.571. The Morgan fingerprint density at radius 3 is 2.72 bits per heavy atom. The van der Waals surface area contributed by atoms with E-state index in [1.54, 1.807) is 36.7 Å². The normalized spacial score (nSPS) is 31.0. The number of hydrogen-bond acceptors (Lipinski definition) is 6. The summed E-state index contributed by atoms with van der Waals surface area (Å²) in [5.41, 5.74) is 5.59. The highest BCUT2D eigenvalue weighted by atomic mass is 31.2. The van der Waals surface area contributed by atoms with Gasteiger partial charge in [-0.05, 0) is 19.9 Å². The number of nitrogens with zero attached hydrogens (tertiary/aromatic N) is 1. The van der Waals surface area contributed by atoms with Crippen LogP contribution in [0.3, 0.4) is 0 Å². The van der Waals surface area contributed by atoms with Gasteiger partial charge in [-0.15, -0.1) is 0 Å². The van der Waals surface area contributed by atoms with E-state index >= 15 is 0 Å². The van der Waals surface area contributed by atoms with Gasteiger partial charge in [0.05, 0.1) is 6.61 Å². The van der Waals surface area contributed by atoms with Gasteiger partial charge in [-0.1, -0.05) is 0 Å². The van der Waals surface area contributed by atoms with Crippen LogP contribution in [0.15, 0.2) is 24.5 Å². The topological polar surface area (TPSA) is 141 Å². The molecule has 2 aliphatic heterocycles. The number of fused-ring (bicyclic) bond motifs is 1. The van der Waals surface area contributed by atoms with E-state index in [2.05, 4.69) is 4.52 Å². The number of carbonyl (C=O) groups is 1. The summed E-state index contributed by atoms with van der Waals surface area (Å²) in [4.78, 5) is 29.2. The zero-order valence-corrected chi connectivity index (χ0v) is 14.5. The predicted molar refractivity (Wildman–Crippen MR) is 80.9 cm³/mol. The smallest absolute Gasteiger partial charge is 0.365 e. The highest BCUT2D eigenvalue weighted by Gasteiger charge is 2.59. The van der Waals surface area contributed by atoms with Gasteiger partial charge in [0.2, 0.25) is 0 Å². The molecule has 0 radical (unpaired) electrons. The number of phosphoric ester groups is 1. The number of ether oxygens (including phenoxy) is 3. The van der Waals surface area contributed by atoms with Gasteiger partial charge in [0.15, 0.2) is 24.3 Å². The molecule has 0 aliphatic carbocycles. The van der Waals surface area contributed by atoms with Crippen molar-refractivity contribution in [1.82, 2.24) is 0 Å². The second kappa shape index (κ2) is 6.40. The minimum absolute atomic E-state index is 0.288. The largest absolute Gasteiger partial charge is 0.469 e. The van der Waals surface area contributed by atoms with Crippen molar-refractivity contribution in [3.05, 3.63) is 30.1 Å². The molecule has 3 heterocycles. The Labute approximate surface area is 143 Å². The SMILES string of the molecule is CC1(C)OC2C(O1)[C@@H](COP(=O)(O)O)O[C@H]2[n+]1cccc(C(N)=O)c1. The average Bonchev–Trinajstić information content (AvgIpc) is 2.97. The van der Waals surface area contributed by atoms with E-state index in [0.29, 0.717) is 0 Å². The Kier molecular flexibility index (Phi) is 4.71. The average molecular weight is 375 g/mol. The van der Waals surface area contributed by atoms with Gasteiger partial charge >= 0.3 is 7.82 Å². The Hall–Kier alpha value is -1.39. The molecule has 4 N–H and O–H groups in total. The molecule has 2 saturated heterocycles. The van der Waals surface area contributed by atoms with E-state index in [9.17, 15) is 9.36 Å². The number of nitrogens with two attached hydrogens (primary N) is 1. The highest BCUT2D eigenvalue weighted by Crippen LogP contribution is 2.43. The first kappa shape index (κ1) is 18.4. The fourth-order valence-electron chi connectivity index (χ4n) is 3.00. The molecule has 138 valence electrons. The van der Waals surface area contributed by atoms with Crippen molar-refractivity contribution in [2.75, 3.05) is 6.61 Å². The lowest BCUT2D eigenvalue weighted by Gasteiger charge is -2.22. The zero-order valence-electron chi connectivity index (χ0n) is 13.6. The molecule has 4 atom stereocenters. The van der Waals surface area contributed by atoms with Gasteiger partial charge in [0.25, 0.3) is 12.1 Å². The molecular formula is C14H20N2O8P+. The maximum atomic E-state index is 11.4. The van der Waals surface area contributed by atoms with Crippen molar-refractivity contribution >= 4 is 13.7 Å². The van der Waals surface area contributed by atoms with Crippen LogP contribution >= 0.6 is 7.82 Å². The molecule has 1 aromatic rings. The second-order valence-corrected chi connectivity index (χ2v) is 7.56. The van der Waals surface area contributed by atoms with Crippen LogP contribution in [0.5, 0.6) is 0 Å². The van der Waals surface area contributed by atoms with E-state index in [1.807, 2.05) is 0 Å². The van der Waals surface area contributed by atoms with Crippen LogP contribution in [0.2, 0.25) is 0 Å². The summed E-state index contributed by atoms with van der Waals surface area (Å²) < 4.78 is 34.6. The molecule has 2 unspecified atom stereocenters. The van der Waals surface area contributed by atoms with Crippen LogP contribution in [0.4, 0.5) is 0 Å². The van der Waals surface area contributed by atoms with Crippen molar-refractivity contribution in [2.24, 2.45) is 5.73 Å². The summed E-state index contributed by atoms with van der Waals surface area (Å²) in [5.74, 6) is -1.48. The van der Waals surface area contributed by atoms with Crippen LogP contribution < -0.4 is 10.3 Å². The van der Waals surface area contributed by atoms with Crippen molar-refractivity contribution in [3.8, 4) is 0 Å². The molecule has 11 heteroatoms. The lowest BCUT2D eigenvalue weighted by atomic mass is 10.1. The first-order valence-electron chi connectivity index (χ1n) is 7.57. The molecule has 10 nitrogen and oxygen atoms in total. The van der Waals surface area contributed by atoms with Gasteiger partial charge in [-0.2, -0.15) is 4.57 Å². The van der Waals surface area contributed by atoms with Gasteiger partial charge in [-0.25, -0.2) is 4.57 Å². The number of hydrogen-bond donors (Lipinski definition) is 3. The molecule has 0 bridgehead atoms. The first-order chi connectivity index (χ1) is 11.6. The molecule has 3 rings (SSSR count). The van der Waals surface area contributed by atoms with Crippen LogP contribution in [0.1, 0.15) is 30.4 Å². The number of phosphoric acid groups is 1. The molecule has 1 amide bonds. The maximum absolute atomic E-state index is 11.4. The number of amides is 1. The number of carbonyl (C=O) groups excluding carboxylic acids is 1. The molecule has 0 saturated carbocycles. The third-order valence-corrected chi connectivity index (χ3v) is 4.42. The molecule has 25 heavy (non-hydrogen) atoms. The summed E-state index contributed by atoms with van der Waals surface area (Å²) in [6.07, 6.45) is 0.635. The van der Waals surface area contributed by atoms with E-state index in [-0.39, 0.29) is 12.2 Å². The summed E-state index contributed by atoms with van der Waals surface area (Å²) in [6.45, 7) is 3.10. The van der Waals surface area contributed by atoms with Crippen LogP contribution in [0, 0.1) is 0 Å². The number of rotatable bonds is 5. The minimum atomic E-state index is -4.64. The lowest BCUT2D eigenvalue weighted by molar-refractivity contribution is -0.766. The van der Waals surface area contributed by atoms with E-state index in [0.717, 1.165) is 0 Å². The van der Waals surface area contributed by atoms with E-state index < -0.39 is 44.1 Å². The van der Waals surface area contributed by atoms with Gasteiger partial charge in [-0.3, -0.25) is 9.32 Å². The number of primary amides is 1. The van der Waals surface area contributed by atoms with Gasteiger partial charge in [0.1, 0.15) is 17.8 Å². The van der Waals surface area contributed by atoms with Crippen LogP contribution in [-0.4, -0.2) is 46.4 Å². The first-order valence-corrected chi connectivity index (χ1v) is 9.10. The maximum Gasteiger partial charge on any atom is 0.469 e. The monoisotopic (exact) mass is 375 g/mol. The summed E-state index contributed by atoms with van der Waals surface area (Å²) in [7, 11) is -4.64. The Morgan fingerprint density at radius 2 is 2.08 bits per heavy atom. The van der Waals surface area contributed by atoms with Gasteiger partial charge in [0, 0.05) is 6.07 Å². The quantitative estimate of drug-likeness (QED) is 0.466. The predicted octanol–water partition coefficient (Wildman–Crippen LogP) is -0.400.